The van der Waals surface area contributed by atoms with Crippen molar-refractivity contribution < 1.29 is 14.3 Å². The van der Waals surface area contributed by atoms with Gasteiger partial charge in [-0.1, -0.05) is 25.0 Å². The first-order chi connectivity index (χ1) is 12.2. The minimum absolute atomic E-state index is 0.0685. The van der Waals surface area contributed by atoms with Crippen LogP contribution in [0.25, 0.3) is 5.69 Å². The van der Waals surface area contributed by atoms with Crippen LogP contribution in [0.5, 0.6) is 0 Å². The first-order valence-electron chi connectivity index (χ1n) is 8.85. The molecule has 6 nitrogen and oxygen atoms in total. The molecule has 1 unspecified atom stereocenters. The summed E-state index contributed by atoms with van der Waals surface area (Å²) in [6, 6.07) is 7.21. The van der Waals surface area contributed by atoms with Crippen LogP contribution in [0.15, 0.2) is 30.5 Å². The number of nitrogens with one attached hydrogen (secondary N) is 1. The maximum atomic E-state index is 13.0. The molecule has 1 N–H and O–H groups in total. The molecule has 1 aromatic heterocycles. The Morgan fingerprint density at radius 3 is 2.80 bits per heavy atom. The molecule has 4 rings (SSSR count). The lowest BCUT2D eigenvalue weighted by Gasteiger charge is -2.28. The summed E-state index contributed by atoms with van der Waals surface area (Å²) in [6.07, 6.45) is 5.74. The molecule has 1 aliphatic carbocycles. The fraction of sp³-hybridized carbons (Fsp3) is 0.421. The van der Waals surface area contributed by atoms with Crippen molar-refractivity contribution in [1.82, 2.24) is 9.55 Å². The van der Waals surface area contributed by atoms with Crippen molar-refractivity contribution in [2.45, 2.75) is 38.6 Å². The normalized spacial score (nSPS) is 19.0. The molecule has 2 aliphatic rings. The van der Waals surface area contributed by atoms with E-state index >= 15 is 0 Å². The van der Waals surface area contributed by atoms with Crippen LogP contribution in [0.4, 0.5) is 5.69 Å². The number of aromatic nitrogens is 2. The highest BCUT2D eigenvalue weighted by Gasteiger charge is 2.37. The van der Waals surface area contributed by atoms with E-state index in [-0.39, 0.29) is 17.4 Å². The third-order valence-corrected chi connectivity index (χ3v) is 4.98. The van der Waals surface area contributed by atoms with Gasteiger partial charge in [0.15, 0.2) is 11.5 Å². The molecule has 0 bridgehead atoms. The van der Waals surface area contributed by atoms with Gasteiger partial charge in [-0.25, -0.2) is 9.78 Å². The van der Waals surface area contributed by atoms with Crippen LogP contribution < -0.4 is 5.32 Å². The highest BCUT2D eigenvalue weighted by atomic mass is 16.5. The summed E-state index contributed by atoms with van der Waals surface area (Å²) in [5.41, 5.74) is 2.00. The Bertz CT molecular complexity index is 821. The number of ketones is 1. The standard InChI is InChI=1S/C19H21N3O3/c1-2-25-19(24)14-11-22-15-10-6-5-9-13(15)20-16(18(22)21-14)17(23)12-7-3-4-8-12/h5-6,9-12,16,20H,2-4,7-8H2,1H3. The summed E-state index contributed by atoms with van der Waals surface area (Å²) in [5, 5.41) is 3.33. The van der Waals surface area contributed by atoms with E-state index in [0.717, 1.165) is 37.1 Å². The van der Waals surface area contributed by atoms with Crippen LogP contribution in [0.3, 0.4) is 0 Å². The molecule has 1 fully saturated rings. The first-order valence-corrected chi connectivity index (χ1v) is 8.85. The molecule has 6 heteroatoms. The third-order valence-electron chi connectivity index (χ3n) is 4.98. The second-order valence-electron chi connectivity index (χ2n) is 6.55. The average Bonchev–Trinajstić information content (AvgIpc) is 3.30. The van der Waals surface area contributed by atoms with Crippen LogP contribution in [-0.2, 0) is 9.53 Å². The van der Waals surface area contributed by atoms with Gasteiger partial charge in [0.1, 0.15) is 11.9 Å². The predicted molar refractivity (Wildman–Crippen MR) is 92.8 cm³/mol. The highest BCUT2D eigenvalue weighted by molar-refractivity contribution is 5.92. The molecule has 0 amide bonds. The number of benzene rings is 1. The predicted octanol–water partition coefficient (Wildman–Crippen LogP) is 3.27. The highest BCUT2D eigenvalue weighted by Crippen LogP contribution is 2.37. The maximum Gasteiger partial charge on any atom is 0.358 e. The van der Waals surface area contributed by atoms with Gasteiger partial charge in [-0.05, 0) is 31.9 Å². The van der Waals surface area contributed by atoms with Crippen LogP contribution >= 0.6 is 0 Å². The molecule has 130 valence electrons. The third kappa shape index (κ3) is 2.71. The number of hydrogen-bond donors (Lipinski definition) is 1. The lowest BCUT2D eigenvalue weighted by Crippen LogP contribution is -2.32. The average molecular weight is 339 g/mol. The van der Waals surface area contributed by atoms with Gasteiger partial charge in [-0.15, -0.1) is 0 Å². The number of hydrogen-bond acceptors (Lipinski definition) is 5. The number of carbonyl (C=O) groups excluding carboxylic acids is 2. The Morgan fingerprint density at radius 1 is 1.28 bits per heavy atom. The molecule has 0 saturated heterocycles. The molecule has 1 atom stereocenters. The van der Waals surface area contributed by atoms with Crippen molar-refractivity contribution in [1.29, 1.82) is 0 Å². The number of ether oxygens (including phenoxy) is 1. The quantitative estimate of drug-likeness (QED) is 0.866. The van der Waals surface area contributed by atoms with Gasteiger partial charge in [0.2, 0.25) is 0 Å². The van der Waals surface area contributed by atoms with E-state index in [0.29, 0.717) is 12.4 Å². The number of Topliss-reactive ketones (excluding diaryl/α,β-unsaturated/α-hetero) is 1. The largest absolute Gasteiger partial charge is 0.461 e. The van der Waals surface area contributed by atoms with Crippen LogP contribution in [-0.4, -0.2) is 27.9 Å². The second kappa shape index (κ2) is 6.35. The molecule has 0 radical (unpaired) electrons. The van der Waals surface area contributed by atoms with Crippen molar-refractivity contribution in [3.63, 3.8) is 0 Å². The second-order valence-corrected chi connectivity index (χ2v) is 6.55. The summed E-state index contributed by atoms with van der Waals surface area (Å²) in [7, 11) is 0. The fourth-order valence-corrected chi connectivity index (χ4v) is 3.76. The van der Waals surface area contributed by atoms with E-state index in [9.17, 15) is 9.59 Å². The number of imidazole rings is 1. The summed E-state index contributed by atoms with van der Waals surface area (Å²) in [6.45, 7) is 2.05. The number of nitrogens with zero attached hydrogens (tertiary/aromatic N) is 2. The van der Waals surface area contributed by atoms with Gasteiger partial charge in [-0.3, -0.25) is 9.36 Å². The molecule has 1 saturated carbocycles. The minimum Gasteiger partial charge on any atom is -0.461 e. The zero-order valence-electron chi connectivity index (χ0n) is 14.2. The molecule has 2 heterocycles. The first kappa shape index (κ1) is 15.9. The summed E-state index contributed by atoms with van der Waals surface area (Å²) < 4.78 is 6.91. The topological polar surface area (TPSA) is 73.2 Å². The van der Waals surface area contributed by atoms with Gasteiger partial charge in [-0.2, -0.15) is 0 Å². The molecular weight excluding hydrogens is 318 g/mol. The van der Waals surface area contributed by atoms with E-state index in [4.69, 9.17) is 4.74 Å². The minimum atomic E-state index is -0.527. The maximum absolute atomic E-state index is 13.0. The van der Waals surface area contributed by atoms with Crippen molar-refractivity contribution in [2.24, 2.45) is 5.92 Å². The van der Waals surface area contributed by atoms with Crippen molar-refractivity contribution in [3.8, 4) is 5.69 Å². The Kier molecular flexibility index (Phi) is 4.03. The number of rotatable bonds is 4. The fourth-order valence-electron chi connectivity index (χ4n) is 3.76. The van der Waals surface area contributed by atoms with Crippen molar-refractivity contribution in [2.75, 3.05) is 11.9 Å². The molecule has 2 aromatic rings. The summed E-state index contributed by atoms with van der Waals surface area (Å²) in [4.78, 5) is 29.6. The molecule has 1 aromatic carbocycles. The zero-order chi connectivity index (χ0) is 17.4. The van der Waals surface area contributed by atoms with Gasteiger partial charge >= 0.3 is 5.97 Å². The van der Waals surface area contributed by atoms with Gasteiger partial charge in [0, 0.05) is 12.1 Å². The van der Waals surface area contributed by atoms with Crippen LogP contribution in [0.2, 0.25) is 0 Å². The van der Waals surface area contributed by atoms with E-state index in [1.54, 1.807) is 13.1 Å². The number of anilines is 1. The van der Waals surface area contributed by atoms with Crippen LogP contribution in [0.1, 0.15) is 55.0 Å². The van der Waals surface area contributed by atoms with E-state index in [2.05, 4.69) is 10.3 Å². The monoisotopic (exact) mass is 339 g/mol. The van der Waals surface area contributed by atoms with E-state index in [1.807, 2.05) is 28.8 Å². The van der Waals surface area contributed by atoms with Crippen LogP contribution in [0, 0.1) is 5.92 Å². The lowest BCUT2D eigenvalue weighted by molar-refractivity contribution is -0.123. The van der Waals surface area contributed by atoms with Crippen molar-refractivity contribution in [3.05, 3.63) is 42.0 Å². The Morgan fingerprint density at radius 2 is 2.04 bits per heavy atom. The number of para-hydroxylation sites is 2. The molecule has 1 aliphatic heterocycles. The Labute approximate surface area is 146 Å². The van der Waals surface area contributed by atoms with E-state index < -0.39 is 12.0 Å². The number of carbonyl (C=O) groups is 2. The van der Waals surface area contributed by atoms with E-state index in [1.165, 1.54) is 0 Å². The Hall–Kier alpha value is -2.63. The zero-order valence-corrected chi connectivity index (χ0v) is 14.2. The molecule has 0 spiro atoms. The summed E-state index contributed by atoms with van der Waals surface area (Å²) in [5.74, 6) is 0.334. The molecule has 25 heavy (non-hydrogen) atoms. The van der Waals surface area contributed by atoms with Gasteiger partial charge in [0.25, 0.3) is 0 Å². The van der Waals surface area contributed by atoms with Gasteiger partial charge < -0.3 is 10.1 Å². The summed E-state index contributed by atoms with van der Waals surface area (Å²) >= 11 is 0. The Balaban J connectivity index is 1.77. The van der Waals surface area contributed by atoms with Gasteiger partial charge in [0.05, 0.1) is 18.0 Å². The van der Waals surface area contributed by atoms with Crippen molar-refractivity contribution >= 4 is 17.4 Å². The number of esters is 1. The smallest absolute Gasteiger partial charge is 0.358 e. The molecular formula is C19H21N3O3. The SMILES string of the molecule is CCOC(=O)c1cn2c(n1)C(C(=O)C1CCCC1)Nc1ccccc1-2. The number of fused-ring (bicyclic) bond motifs is 3. The lowest BCUT2D eigenvalue weighted by atomic mass is 9.94.